The van der Waals surface area contributed by atoms with E-state index in [1.165, 1.54) is 0 Å². The molecule has 31 heavy (non-hydrogen) atoms. The molecular formula is C27H24N2O2. The summed E-state index contributed by atoms with van der Waals surface area (Å²) in [4.78, 5) is 20.0. The highest BCUT2D eigenvalue weighted by molar-refractivity contribution is 6.04. The van der Waals surface area contributed by atoms with E-state index in [0.717, 1.165) is 50.8 Å². The van der Waals surface area contributed by atoms with Crippen LogP contribution < -0.4 is 0 Å². The van der Waals surface area contributed by atoms with E-state index in [1.54, 1.807) is 7.11 Å². The zero-order chi connectivity index (χ0) is 21.2. The number of aromatic nitrogens is 1. The van der Waals surface area contributed by atoms with E-state index in [4.69, 9.17) is 9.72 Å². The summed E-state index contributed by atoms with van der Waals surface area (Å²) in [5.74, 6) is 0.100. The van der Waals surface area contributed by atoms with Crippen molar-refractivity contribution in [3.63, 3.8) is 0 Å². The van der Waals surface area contributed by atoms with Crippen molar-refractivity contribution < 1.29 is 9.53 Å². The molecule has 0 atom stereocenters. The molecule has 0 aliphatic carbocycles. The molecule has 1 amide bonds. The van der Waals surface area contributed by atoms with Gasteiger partial charge >= 0.3 is 0 Å². The Balaban J connectivity index is 1.37. The van der Waals surface area contributed by atoms with E-state index >= 15 is 0 Å². The molecule has 4 nitrogen and oxygen atoms in total. The van der Waals surface area contributed by atoms with E-state index in [1.807, 2.05) is 47.4 Å². The number of pyridine rings is 1. The zero-order valence-electron chi connectivity index (χ0n) is 17.5. The molecule has 0 unspecified atom stereocenters. The van der Waals surface area contributed by atoms with Gasteiger partial charge in [0.1, 0.15) is 0 Å². The third-order valence-electron chi connectivity index (χ3n) is 5.86. The van der Waals surface area contributed by atoms with Crippen LogP contribution in [0, 0.1) is 0 Å². The van der Waals surface area contributed by atoms with Gasteiger partial charge in [-0.1, -0.05) is 60.7 Å². The van der Waals surface area contributed by atoms with E-state index in [9.17, 15) is 4.79 Å². The number of hydrogen-bond acceptors (Lipinski definition) is 3. The normalized spacial score (nSPS) is 13.1. The molecule has 4 heteroatoms. The van der Waals surface area contributed by atoms with Gasteiger partial charge in [0.05, 0.1) is 17.7 Å². The van der Waals surface area contributed by atoms with Gasteiger partial charge in [0.15, 0.2) is 0 Å². The van der Waals surface area contributed by atoms with Gasteiger partial charge in [-0.05, 0) is 40.5 Å². The zero-order valence-corrected chi connectivity index (χ0v) is 17.5. The summed E-state index contributed by atoms with van der Waals surface area (Å²) in [6, 6.07) is 26.6. The van der Waals surface area contributed by atoms with Gasteiger partial charge in [0.2, 0.25) is 0 Å². The van der Waals surface area contributed by atoms with Gasteiger partial charge in [0.25, 0.3) is 5.91 Å². The molecule has 1 aromatic heterocycles. The number of methoxy groups -OCH3 is 1. The fraction of sp³-hybridized carbons (Fsp3) is 0.185. The lowest BCUT2D eigenvalue weighted by molar-refractivity contribution is 0.0780. The number of ether oxygens (including phenoxy) is 1. The van der Waals surface area contributed by atoms with Crippen molar-refractivity contribution in [3.8, 4) is 11.1 Å². The van der Waals surface area contributed by atoms with Crippen molar-refractivity contribution in [1.29, 1.82) is 0 Å². The van der Waals surface area contributed by atoms with Crippen molar-refractivity contribution in [1.82, 2.24) is 9.88 Å². The smallest absolute Gasteiger partial charge is 0.255 e. The highest BCUT2D eigenvalue weighted by Gasteiger charge is 2.29. The summed E-state index contributed by atoms with van der Waals surface area (Å²) in [5.41, 5.74) is 7.06. The summed E-state index contributed by atoms with van der Waals surface area (Å²) in [5, 5.41) is 1.14. The second-order valence-corrected chi connectivity index (χ2v) is 7.95. The standard InChI is InChI=1S/C27H24N2O2/c1-31-18-19-6-4-8-21(16-19)24-10-5-9-22-17-29(27(30)26(22)24)15-14-23-13-12-20-7-2-3-11-25(20)28-23/h2-13,16H,14-15,17-18H2,1H3. The van der Waals surface area contributed by atoms with Crippen LogP contribution in [0.4, 0.5) is 0 Å². The molecule has 0 saturated carbocycles. The average molecular weight is 409 g/mol. The van der Waals surface area contributed by atoms with Crippen molar-refractivity contribution in [2.75, 3.05) is 13.7 Å². The third kappa shape index (κ3) is 3.82. The maximum atomic E-state index is 13.3. The monoisotopic (exact) mass is 408 g/mol. The highest BCUT2D eigenvalue weighted by Crippen LogP contribution is 2.33. The molecule has 2 heterocycles. The van der Waals surface area contributed by atoms with Crippen LogP contribution in [0.5, 0.6) is 0 Å². The minimum absolute atomic E-state index is 0.100. The fourth-order valence-electron chi connectivity index (χ4n) is 4.33. The number of carbonyl (C=O) groups excluding carboxylic acids is 1. The van der Waals surface area contributed by atoms with Crippen molar-refractivity contribution in [2.45, 2.75) is 19.6 Å². The molecule has 5 rings (SSSR count). The summed E-state index contributed by atoms with van der Waals surface area (Å²) in [6.07, 6.45) is 0.739. The Bertz CT molecular complexity index is 1270. The first-order chi connectivity index (χ1) is 15.2. The lowest BCUT2D eigenvalue weighted by Gasteiger charge is -2.15. The summed E-state index contributed by atoms with van der Waals surface area (Å²) in [6.45, 7) is 1.86. The average Bonchev–Trinajstić information content (AvgIpc) is 3.13. The second kappa shape index (κ2) is 8.32. The number of amides is 1. The van der Waals surface area contributed by atoms with Gasteiger partial charge < -0.3 is 9.64 Å². The van der Waals surface area contributed by atoms with E-state index in [0.29, 0.717) is 19.7 Å². The Kier molecular flexibility index (Phi) is 5.23. The van der Waals surface area contributed by atoms with Crippen molar-refractivity contribution >= 4 is 16.8 Å². The molecule has 1 aliphatic heterocycles. The van der Waals surface area contributed by atoms with E-state index < -0.39 is 0 Å². The molecule has 0 saturated heterocycles. The summed E-state index contributed by atoms with van der Waals surface area (Å²) in [7, 11) is 1.69. The van der Waals surface area contributed by atoms with Crippen LogP contribution in [-0.4, -0.2) is 29.4 Å². The van der Waals surface area contributed by atoms with E-state index in [-0.39, 0.29) is 5.91 Å². The van der Waals surface area contributed by atoms with Crippen LogP contribution >= 0.6 is 0 Å². The SMILES string of the molecule is COCc1cccc(-c2cccc3c2C(=O)N(CCc2ccc4ccccc4n2)C3)c1. The molecule has 0 bridgehead atoms. The number of fused-ring (bicyclic) bond motifs is 2. The fourth-order valence-corrected chi connectivity index (χ4v) is 4.33. The Labute approximate surface area is 182 Å². The molecule has 154 valence electrons. The maximum absolute atomic E-state index is 13.3. The highest BCUT2D eigenvalue weighted by atomic mass is 16.5. The van der Waals surface area contributed by atoms with Crippen LogP contribution in [0.1, 0.15) is 27.2 Å². The first kappa shape index (κ1) is 19.5. The van der Waals surface area contributed by atoms with Crippen molar-refractivity contribution in [2.24, 2.45) is 0 Å². The lowest BCUT2D eigenvalue weighted by Crippen LogP contribution is -2.26. The number of hydrogen-bond donors (Lipinski definition) is 0. The van der Waals surface area contributed by atoms with E-state index in [2.05, 4.69) is 36.4 Å². The van der Waals surface area contributed by atoms with Crippen LogP contribution in [-0.2, 0) is 24.3 Å². The molecular weight excluding hydrogens is 384 g/mol. The van der Waals surface area contributed by atoms with Crippen LogP contribution in [0.25, 0.3) is 22.0 Å². The molecule has 3 aromatic carbocycles. The van der Waals surface area contributed by atoms with Gasteiger partial charge in [0, 0.05) is 37.7 Å². The molecule has 0 radical (unpaired) electrons. The van der Waals surface area contributed by atoms with Gasteiger partial charge in [-0.2, -0.15) is 0 Å². The maximum Gasteiger partial charge on any atom is 0.255 e. The third-order valence-corrected chi connectivity index (χ3v) is 5.86. The second-order valence-electron chi connectivity index (χ2n) is 7.95. The number of rotatable bonds is 6. The molecule has 0 fully saturated rings. The first-order valence-electron chi connectivity index (χ1n) is 10.6. The largest absolute Gasteiger partial charge is 0.380 e. The number of carbonyl (C=O) groups is 1. The predicted molar refractivity (Wildman–Crippen MR) is 123 cm³/mol. The number of para-hydroxylation sites is 1. The van der Waals surface area contributed by atoms with Crippen LogP contribution in [0.2, 0.25) is 0 Å². The lowest BCUT2D eigenvalue weighted by atomic mass is 9.96. The minimum atomic E-state index is 0.100. The minimum Gasteiger partial charge on any atom is -0.380 e. The summed E-state index contributed by atoms with van der Waals surface area (Å²) >= 11 is 0. The van der Waals surface area contributed by atoms with Crippen LogP contribution in [0.15, 0.2) is 78.9 Å². The molecule has 0 N–H and O–H groups in total. The summed E-state index contributed by atoms with van der Waals surface area (Å²) < 4.78 is 5.27. The van der Waals surface area contributed by atoms with Gasteiger partial charge in [-0.25, -0.2) is 0 Å². The number of benzene rings is 3. The van der Waals surface area contributed by atoms with Crippen LogP contribution in [0.3, 0.4) is 0 Å². The van der Waals surface area contributed by atoms with Gasteiger partial charge in [-0.15, -0.1) is 0 Å². The molecule has 4 aromatic rings. The topological polar surface area (TPSA) is 42.4 Å². The van der Waals surface area contributed by atoms with Gasteiger partial charge in [-0.3, -0.25) is 9.78 Å². The molecule has 1 aliphatic rings. The predicted octanol–water partition coefficient (Wildman–Crippen LogP) is 5.25. The van der Waals surface area contributed by atoms with Crippen molar-refractivity contribution in [3.05, 3.63) is 101 Å². The molecule has 0 spiro atoms. The Morgan fingerprint density at radius 3 is 2.74 bits per heavy atom. The quantitative estimate of drug-likeness (QED) is 0.438. The first-order valence-corrected chi connectivity index (χ1v) is 10.6. The Morgan fingerprint density at radius 2 is 1.84 bits per heavy atom. The number of nitrogens with zero attached hydrogens (tertiary/aromatic N) is 2. The Morgan fingerprint density at radius 1 is 0.968 bits per heavy atom. The Hall–Kier alpha value is -3.50.